The molecule has 0 amide bonds. The first-order chi connectivity index (χ1) is 8.97. The zero-order chi connectivity index (χ0) is 14.0. The predicted molar refractivity (Wildman–Crippen MR) is 75.5 cm³/mol. The fraction of sp³-hybridized carbons (Fsp3) is 0.385. The molecule has 0 bridgehead atoms. The molecule has 6 heteroatoms. The number of hydrogen-bond acceptors (Lipinski definition) is 3. The summed E-state index contributed by atoms with van der Waals surface area (Å²) in [5.74, 6) is 0. The van der Waals surface area contributed by atoms with Gasteiger partial charge in [0.15, 0.2) is 0 Å². The first kappa shape index (κ1) is 14.3. The number of halogens is 2. The predicted octanol–water partition coefficient (Wildman–Crippen LogP) is 3.44. The zero-order valence-electron chi connectivity index (χ0n) is 10.7. The average molecular weight is 300 g/mol. The van der Waals surface area contributed by atoms with E-state index in [1.54, 1.807) is 6.07 Å². The standard InChI is InChI=1S/C13H15Cl2N3O/c1-8(2)18-4-3-10(17-18)6-12(19)13-11(15)5-9(14)7-16-13/h3-5,7-8,12,19H,6H2,1-2H3. The highest BCUT2D eigenvalue weighted by Crippen LogP contribution is 2.25. The molecule has 0 spiro atoms. The molecule has 0 fully saturated rings. The highest BCUT2D eigenvalue weighted by molar-refractivity contribution is 6.34. The minimum absolute atomic E-state index is 0.295. The topological polar surface area (TPSA) is 50.9 Å². The Morgan fingerprint density at radius 2 is 2.11 bits per heavy atom. The second kappa shape index (κ2) is 5.90. The van der Waals surface area contributed by atoms with Crippen molar-refractivity contribution in [1.82, 2.24) is 14.8 Å². The van der Waals surface area contributed by atoms with E-state index in [4.69, 9.17) is 23.2 Å². The van der Waals surface area contributed by atoms with E-state index in [2.05, 4.69) is 10.1 Å². The van der Waals surface area contributed by atoms with Crippen LogP contribution in [0.25, 0.3) is 0 Å². The van der Waals surface area contributed by atoms with Crippen molar-refractivity contribution in [2.24, 2.45) is 0 Å². The summed E-state index contributed by atoms with van der Waals surface area (Å²) in [5, 5.41) is 15.3. The molecule has 0 saturated heterocycles. The van der Waals surface area contributed by atoms with Crippen molar-refractivity contribution in [3.8, 4) is 0 Å². The Morgan fingerprint density at radius 3 is 2.68 bits per heavy atom. The lowest BCUT2D eigenvalue weighted by atomic mass is 10.1. The van der Waals surface area contributed by atoms with Gasteiger partial charge in [0.05, 0.1) is 21.4 Å². The van der Waals surface area contributed by atoms with Crippen molar-refractivity contribution in [2.75, 3.05) is 0 Å². The molecule has 1 atom stereocenters. The van der Waals surface area contributed by atoms with Crippen LogP contribution in [0.3, 0.4) is 0 Å². The Hall–Kier alpha value is -1.10. The maximum atomic E-state index is 10.2. The van der Waals surface area contributed by atoms with Crippen LogP contribution >= 0.6 is 23.2 Å². The average Bonchev–Trinajstić information content (AvgIpc) is 2.77. The maximum Gasteiger partial charge on any atom is 0.103 e. The maximum absolute atomic E-state index is 10.2. The SMILES string of the molecule is CC(C)n1ccc(CC(O)c2ncc(Cl)cc2Cl)n1. The van der Waals surface area contributed by atoms with Gasteiger partial charge in [0.1, 0.15) is 6.10 Å². The van der Waals surface area contributed by atoms with Gasteiger partial charge >= 0.3 is 0 Å². The molecule has 0 radical (unpaired) electrons. The summed E-state index contributed by atoms with van der Waals surface area (Å²) in [4.78, 5) is 4.07. The van der Waals surface area contributed by atoms with E-state index in [9.17, 15) is 5.11 Å². The Labute approximate surface area is 122 Å². The molecule has 19 heavy (non-hydrogen) atoms. The second-order valence-corrected chi connectivity index (χ2v) is 5.46. The van der Waals surface area contributed by atoms with Crippen molar-refractivity contribution in [3.05, 3.63) is 46.0 Å². The molecule has 0 aromatic carbocycles. The molecule has 4 nitrogen and oxygen atoms in total. The number of pyridine rings is 1. The monoisotopic (exact) mass is 299 g/mol. The number of aromatic nitrogens is 3. The fourth-order valence-corrected chi connectivity index (χ4v) is 2.25. The minimum Gasteiger partial charge on any atom is -0.386 e. The molecule has 0 aliphatic rings. The Kier molecular flexibility index (Phi) is 4.45. The molecule has 0 aliphatic carbocycles. The van der Waals surface area contributed by atoms with Crippen LogP contribution < -0.4 is 0 Å². The van der Waals surface area contributed by atoms with Crippen molar-refractivity contribution in [3.63, 3.8) is 0 Å². The lowest BCUT2D eigenvalue weighted by Crippen LogP contribution is -2.07. The van der Waals surface area contributed by atoms with Gasteiger partial charge in [-0.05, 0) is 26.0 Å². The van der Waals surface area contributed by atoms with E-state index in [-0.39, 0.29) is 0 Å². The van der Waals surface area contributed by atoms with Gasteiger partial charge < -0.3 is 5.11 Å². The number of aliphatic hydroxyl groups excluding tert-OH is 1. The zero-order valence-corrected chi connectivity index (χ0v) is 12.2. The van der Waals surface area contributed by atoms with Crippen molar-refractivity contribution < 1.29 is 5.11 Å². The van der Waals surface area contributed by atoms with Gasteiger partial charge in [0.2, 0.25) is 0 Å². The fourth-order valence-electron chi connectivity index (χ4n) is 1.74. The van der Waals surface area contributed by atoms with Gasteiger partial charge in [-0.1, -0.05) is 23.2 Å². The quantitative estimate of drug-likeness (QED) is 0.941. The molecule has 2 heterocycles. The molecule has 2 rings (SSSR count). The minimum atomic E-state index is -0.791. The van der Waals surface area contributed by atoms with E-state index >= 15 is 0 Å². The largest absolute Gasteiger partial charge is 0.386 e. The van der Waals surface area contributed by atoms with Crippen molar-refractivity contribution in [1.29, 1.82) is 0 Å². The van der Waals surface area contributed by atoms with Gasteiger partial charge in [0, 0.05) is 24.9 Å². The van der Waals surface area contributed by atoms with Crippen molar-refractivity contribution >= 4 is 23.2 Å². The first-order valence-electron chi connectivity index (χ1n) is 6.00. The smallest absolute Gasteiger partial charge is 0.103 e. The third-order valence-electron chi connectivity index (χ3n) is 2.75. The van der Waals surface area contributed by atoms with Gasteiger partial charge in [0.25, 0.3) is 0 Å². The number of nitrogens with zero attached hydrogens (tertiary/aromatic N) is 3. The Morgan fingerprint density at radius 1 is 1.37 bits per heavy atom. The van der Waals surface area contributed by atoms with Crippen LogP contribution in [-0.2, 0) is 6.42 Å². The van der Waals surface area contributed by atoms with E-state index in [1.807, 2.05) is 30.8 Å². The highest BCUT2D eigenvalue weighted by Gasteiger charge is 2.16. The van der Waals surface area contributed by atoms with E-state index in [0.717, 1.165) is 5.69 Å². The first-order valence-corrected chi connectivity index (χ1v) is 6.76. The highest BCUT2D eigenvalue weighted by atomic mass is 35.5. The van der Waals surface area contributed by atoms with E-state index in [1.165, 1.54) is 6.20 Å². The van der Waals surface area contributed by atoms with Crippen LogP contribution in [0.2, 0.25) is 10.0 Å². The molecule has 2 aromatic heterocycles. The summed E-state index contributed by atoms with van der Waals surface area (Å²) in [6.07, 6.45) is 2.94. The van der Waals surface area contributed by atoms with Crippen LogP contribution in [0.4, 0.5) is 0 Å². The Bertz CT molecular complexity index is 569. The normalized spacial score (nSPS) is 12.9. The van der Waals surface area contributed by atoms with E-state index in [0.29, 0.717) is 28.2 Å². The van der Waals surface area contributed by atoms with Gasteiger partial charge in [-0.25, -0.2) is 0 Å². The lowest BCUT2D eigenvalue weighted by Gasteiger charge is -2.10. The number of aliphatic hydroxyl groups is 1. The summed E-state index contributed by atoms with van der Waals surface area (Å²) in [5.41, 5.74) is 1.22. The third-order valence-corrected chi connectivity index (χ3v) is 3.26. The van der Waals surface area contributed by atoms with Crippen LogP contribution in [-0.4, -0.2) is 19.9 Å². The Balaban J connectivity index is 2.13. The van der Waals surface area contributed by atoms with Crippen LogP contribution in [0.1, 0.15) is 37.4 Å². The third kappa shape index (κ3) is 3.47. The summed E-state index contributed by atoms with van der Waals surface area (Å²) in [7, 11) is 0. The summed E-state index contributed by atoms with van der Waals surface area (Å²) < 4.78 is 1.85. The van der Waals surface area contributed by atoms with Gasteiger partial charge in [-0.2, -0.15) is 5.10 Å². The number of rotatable bonds is 4. The molecule has 2 aromatic rings. The molecule has 0 saturated carbocycles. The van der Waals surface area contributed by atoms with Crippen LogP contribution in [0.15, 0.2) is 24.5 Å². The molecular formula is C13H15Cl2N3O. The molecular weight excluding hydrogens is 285 g/mol. The summed E-state index contributed by atoms with van der Waals surface area (Å²) in [6.45, 7) is 4.09. The molecule has 102 valence electrons. The van der Waals surface area contributed by atoms with Gasteiger partial charge in [-0.3, -0.25) is 9.67 Å². The molecule has 1 unspecified atom stereocenters. The second-order valence-electron chi connectivity index (χ2n) is 4.62. The lowest BCUT2D eigenvalue weighted by molar-refractivity contribution is 0.172. The molecule has 1 N–H and O–H groups in total. The van der Waals surface area contributed by atoms with Crippen molar-refractivity contribution in [2.45, 2.75) is 32.4 Å². The molecule has 0 aliphatic heterocycles. The van der Waals surface area contributed by atoms with Gasteiger partial charge in [-0.15, -0.1) is 0 Å². The summed E-state index contributed by atoms with van der Waals surface area (Å²) >= 11 is 11.8. The summed E-state index contributed by atoms with van der Waals surface area (Å²) in [6, 6.07) is 3.75. The van der Waals surface area contributed by atoms with Crippen LogP contribution in [0, 0.1) is 0 Å². The van der Waals surface area contributed by atoms with E-state index < -0.39 is 6.10 Å². The van der Waals surface area contributed by atoms with Crippen LogP contribution in [0.5, 0.6) is 0 Å². The number of hydrogen-bond donors (Lipinski definition) is 1.